The molecule has 1 atom stereocenters. The summed E-state index contributed by atoms with van der Waals surface area (Å²) in [6.07, 6.45) is -0.235. The van der Waals surface area contributed by atoms with Gasteiger partial charge in [-0.25, -0.2) is 0 Å². The molecule has 24 heavy (non-hydrogen) atoms. The van der Waals surface area contributed by atoms with E-state index >= 15 is 0 Å². The highest BCUT2D eigenvalue weighted by molar-refractivity contribution is 6.06. The average Bonchev–Trinajstić information content (AvgIpc) is 3.13. The predicted octanol–water partition coefficient (Wildman–Crippen LogP) is 2.84. The Kier molecular flexibility index (Phi) is 4.65. The molecule has 6 heteroatoms. The zero-order chi connectivity index (χ0) is 16.9. The number of ether oxygens (including phenoxy) is 2. The summed E-state index contributed by atoms with van der Waals surface area (Å²) >= 11 is 0. The first-order valence-electron chi connectivity index (χ1n) is 7.52. The Labute approximate surface area is 140 Å². The topological polar surface area (TPSA) is 69.2 Å². The van der Waals surface area contributed by atoms with E-state index < -0.39 is 6.10 Å². The molecule has 0 bridgehead atoms. The maximum atomic E-state index is 12.4. The van der Waals surface area contributed by atoms with E-state index in [4.69, 9.17) is 14.3 Å². The van der Waals surface area contributed by atoms with Crippen LogP contribution in [0.4, 0.5) is 5.69 Å². The standard InChI is InChI=1S/C18H18N2O4/c1-22-13-8-9-14(16(10-13)23-2)19-18(21)17-11-15(20-24-17)12-6-4-3-5-7-12/h3-10,17H,11H2,1-2H3,(H,19,21)/t17-/m1/s1. The number of hydrogen-bond donors (Lipinski definition) is 1. The second-order valence-electron chi connectivity index (χ2n) is 5.26. The van der Waals surface area contributed by atoms with Gasteiger partial charge in [-0.3, -0.25) is 4.79 Å². The molecule has 0 radical (unpaired) electrons. The van der Waals surface area contributed by atoms with Crippen LogP contribution in [-0.4, -0.2) is 31.9 Å². The summed E-state index contributed by atoms with van der Waals surface area (Å²) in [7, 11) is 3.11. The van der Waals surface area contributed by atoms with E-state index in [-0.39, 0.29) is 5.91 Å². The fourth-order valence-corrected chi connectivity index (χ4v) is 2.43. The van der Waals surface area contributed by atoms with Crippen molar-refractivity contribution in [2.75, 3.05) is 19.5 Å². The quantitative estimate of drug-likeness (QED) is 0.917. The van der Waals surface area contributed by atoms with Crippen molar-refractivity contribution in [2.24, 2.45) is 5.16 Å². The number of carbonyl (C=O) groups is 1. The van der Waals surface area contributed by atoms with Gasteiger partial charge in [0, 0.05) is 12.5 Å². The minimum absolute atomic E-state index is 0.270. The summed E-state index contributed by atoms with van der Waals surface area (Å²) < 4.78 is 10.4. The van der Waals surface area contributed by atoms with E-state index in [0.717, 1.165) is 11.3 Å². The van der Waals surface area contributed by atoms with Gasteiger partial charge in [-0.05, 0) is 17.7 Å². The lowest BCUT2D eigenvalue weighted by Gasteiger charge is -2.13. The number of carbonyl (C=O) groups excluding carboxylic acids is 1. The lowest BCUT2D eigenvalue weighted by atomic mass is 10.0. The van der Waals surface area contributed by atoms with Crippen LogP contribution in [0, 0.1) is 0 Å². The molecular weight excluding hydrogens is 308 g/mol. The van der Waals surface area contributed by atoms with Gasteiger partial charge in [0.05, 0.1) is 25.6 Å². The van der Waals surface area contributed by atoms with Crippen molar-refractivity contribution in [3.63, 3.8) is 0 Å². The molecule has 3 rings (SSSR count). The zero-order valence-corrected chi connectivity index (χ0v) is 13.5. The molecule has 6 nitrogen and oxygen atoms in total. The Morgan fingerprint density at radius 2 is 1.96 bits per heavy atom. The van der Waals surface area contributed by atoms with Crippen molar-refractivity contribution in [3.8, 4) is 11.5 Å². The minimum atomic E-state index is -0.660. The monoisotopic (exact) mass is 326 g/mol. The molecule has 1 aliphatic rings. The van der Waals surface area contributed by atoms with Crippen LogP contribution in [0.2, 0.25) is 0 Å². The van der Waals surface area contributed by atoms with Crippen LogP contribution >= 0.6 is 0 Å². The normalized spacial score (nSPS) is 16.1. The Morgan fingerprint density at radius 1 is 1.17 bits per heavy atom. The summed E-state index contributed by atoms with van der Waals surface area (Å²) in [4.78, 5) is 17.7. The summed E-state index contributed by atoms with van der Waals surface area (Å²) in [5, 5.41) is 6.83. The Hall–Kier alpha value is -3.02. The van der Waals surface area contributed by atoms with Crippen molar-refractivity contribution in [1.82, 2.24) is 0 Å². The van der Waals surface area contributed by atoms with Crippen LogP contribution in [0.5, 0.6) is 11.5 Å². The van der Waals surface area contributed by atoms with Crippen molar-refractivity contribution < 1.29 is 19.1 Å². The first kappa shape index (κ1) is 15.9. The maximum absolute atomic E-state index is 12.4. The number of oxime groups is 1. The van der Waals surface area contributed by atoms with E-state index in [9.17, 15) is 4.79 Å². The molecular formula is C18H18N2O4. The number of nitrogens with one attached hydrogen (secondary N) is 1. The largest absolute Gasteiger partial charge is 0.497 e. The molecule has 124 valence electrons. The fourth-order valence-electron chi connectivity index (χ4n) is 2.43. The van der Waals surface area contributed by atoms with Gasteiger partial charge in [0.25, 0.3) is 5.91 Å². The molecule has 2 aromatic rings. The molecule has 0 saturated heterocycles. The zero-order valence-electron chi connectivity index (χ0n) is 13.5. The van der Waals surface area contributed by atoms with Gasteiger partial charge in [-0.2, -0.15) is 0 Å². The van der Waals surface area contributed by atoms with Gasteiger partial charge >= 0.3 is 0 Å². The van der Waals surface area contributed by atoms with Gasteiger partial charge in [-0.15, -0.1) is 0 Å². The van der Waals surface area contributed by atoms with Crippen LogP contribution in [0.15, 0.2) is 53.7 Å². The number of anilines is 1. The van der Waals surface area contributed by atoms with Crippen molar-refractivity contribution in [3.05, 3.63) is 54.1 Å². The van der Waals surface area contributed by atoms with E-state index in [1.807, 2.05) is 30.3 Å². The third-order valence-electron chi connectivity index (χ3n) is 3.73. The second kappa shape index (κ2) is 7.04. The molecule has 0 aromatic heterocycles. The molecule has 0 spiro atoms. The molecule has 0 saturated carbocycles. The van der Waals surface area contributed by atoms with Gasteiger partial charge in [0.1, 0.15) is 11.5 Å². The molecule has 2 aromatic carbocycles. The second-order valence-corrected chi connectivity index (χ2v) is 5.26. The first-order chi connectivity index (χ1) is 11.7. The van der Waals surface area contributed by atoms with E-state index in [0.29, 0.717) is 23.6 Å². The van der Waals surface area contributed by atoms with Crippen LogP contribution in [0.25, 0.3) is 0 Å². The molecule has 0 unspecified atom stereocenters. The van der Waals surface area contributed by atoms with Gasteiger partial charge in [-0.1, -0.05) is 35.5 Å². The molecule has 0 aliphatic carbocycles. The predicted molar refractivity (Wildman–Crippen MR) is 90.6 cm³/mol. The molecule has 1 aliphatic heterocycles. The number of rotatable bonds is 5. The highest BCUT2D eigenvalue weighted by atomic mass is 16.6. The van der Waals surface area contributed by atoms with E-state index in [1.54, 1.807) is 25.3 Å². The maximum Gasteiger partial charge on any atom is 0.268 e. The minimum Gasteiger partial charge on any atom is -0.497 e. The van der Waals surface area contributed by atoms with Gasteiger partial charge in [0.15, 0.2) is 0 Å². The summed E-state index contributed by atoms with van der Waals surface area (Å²) in [6, 6.07) is 14.8. The lowest BCUT2D eigenvalue weighted by molar-refractivity contribution is -0.125. The number of nitrogens with zero attached hydrogens (tertiary/aromatic N) is 1. The Bertz CT molecular complexity index is 759. The molecule has 1 heterocycles. The Balaban J connectivity index is 1.67. The first-order valence-corrected chi connectivity index (χ1v) is 7.52. The SMILES string of the molecule is COc1ccc(NC(=O)[C@H]2CC(c3ccccc3)=NO2)c(OC)c1. The fraction of sp³-hybridized carbons (Fsp3) is 0.222. The van der Waals surface area contributed by atoms with Crippen LogP contribution in [-0.2, 0) is 9.63 Å². The number of hydrogen-bond acceptors (Lipinski definition) is 5. The summed E-state index contributed by atoms with van der Waals surface area (Å²) in [5.41, 5.74) is 2.27. The third-order valence-corrected chi connectivity index (χ3v) is 3.73. The molecule has 1 N–H and O–H groups in total. The van der Waals surface area contributed by atoms with Crippen molar-refractivity contribution >= 4 is 17.3 Å². The third kappa shape index (κ3) is 3.32. The number of amides is 1. The number of methoxy groups -OCH3 is 2. The highest BCUT2D eigenvalue weighted by Gasteiger charge is 2.29. The van der Waals surface area contributed by atoms with Gasteiger partial charge < -0.3 is 19.6 Å². The van der Waals surface area contributed by atoms with E-state index in [2.05, 4.69) is 10.5 Å². The highest BCUT2D eigenvalue weighted by Crippen LogP contribution is 2.29. The number of benzene rings is 2. The Morgan fingerprint density at radius 3 is 2.67 bits per heavy atom. The summed E-state index contributed by atoms with van der Waals surface area (Å²) in [6.45, 7) is 0. The van der Waals surface area contributed by atoms with Crippen molar-refractivity contribution in [2.45, 2.75) is 12.5 Å². The lowest BCUT2D eigenvalue weighted by Crippen LogP contribution is -2.28. The average molecular weight is 326 g/mol. The molecule has 0 fully saturated rings. The van der Waals surface area contributed by atoms with Crippen LogP contribution in [0.3, 0.4) is 0 Å². The van der Waals surface area contributed by atoms with Crippen LogP contribution < -0.4 is 14.8 Å². The molecule has 1 amide bonds. The summed E-state index contributed by atoms with van der Waals surface area (Å²) in [5.74, 6) is 0.898. The van der Waals surface area contributed by atoms with Gasteiger partial charge in [0.2, 0.25) is 6.10 Å². The van der Waals surface area contributed by atoms with E-state index in [1.165, 1.54) is 7.11 Å². The smallest absolute Gasteiger partial charge is 0.268 e. The van der Waals surface area contributed by atoms with Crippen molar-refractivity contribution in [1.29, 1.82) is 0 Å². The van der Waals surface area contributed by atoms with Crippen LogP contribution in [0.1, 0.15) is 12.0 Å².